The zero-order valence-corrected chi connectivity index (χ0v) is 14.2. The van der Waals surface area contributed by atoms with Gasteiger partial charge in [-0.05, 0) is 49.4 Å². The van der Waals surface area contributed by atoms with E-state index in [1.165, 1.54) is 11.6 Å². The predicted molar refractivity (Wildman–Crippen MR) is 87.4 cm³/mol. The molecule has 0 unspecified atom stereocenters. The summed E-state index contributed by atoms with van der Waals surface area (Å²) in [4.78, 5) is -0.500. The second-order valence-corrected chi connectivity index (χ2v) is 7.38. The summed E-state index contributed by atoms with van der Waals surface area (Å²) in [5.74, 6) is 0. The first kappa shape index (κ1) is 17.9. The maximum Gasteiger partial charge on any atom is 0.416 e. The Kier molecular flexibility index (Phi) is 4.23. The van der Waals surface area contributed by atoms with Crippen molar-refractivity contribution in [2.24, 2.45) is 0 Å². The number of hydrogen-bond acceptors (Lipinski definition) is 5. The summed E-state index contributed by atoms with van der Waals surface area (Å²) in [5, 5.41) is 7.06. The van der Waals surface area contributed by atoms with Gasteiger partial charge in [-0.3, -0.25) is 0 Å². The fourth-order valence-corrected chi connectivity index (χ4v) is 3.76. The van der Waals surface area contributed by atoms with Crippen LogP contribution in [-0.2, 0) is 16.0 Å². The minimum Gasteiger partial charge on any atom is -0.399 e. The molecule has 0 amide bonds. The Morgan fingerprint density at radius 1 is 1.08 bits per heavy atom. The molecule has 1 aromatic heterocycles. The molecule has 0 saturated heterocycles. The van der Waals surface area contributed by atoms with E-state index >= 15 is 0 Å². The van der Waals surface area contributed by atoms with Crippen molar-refractivity contribution in [3.8, 4) is 5.69 Å². The second kappa shape index (κ2) is 6.13. The van der Waals surface area contributed by atoms with Crippen molar-refractivity contribution in [2.45, 2.75) is 23.0 Å². The number of hydrogen-bond donors (Lipinski definition) is 1. The quantitative estimate of drug-likeness (QED) is 0.703. The molecule has 0 fully saturated rings. The van der Waals surface area contributed by atoms with Crippen molar-refractivity contribution in [3.63, 3.8) is 0 Å². The summed E-state index contributed by atoms with van der Waals surface area (Å²) in [6.45, 7) is 1.47. The van der Waals surface area contributed by atoms with Crippen LogP contribution in [0, 0.1) is 6.92 Å². The number of nitrogen functional groups attached to an aromatic ring is 1. The number of halogens is 3. The first-order valence-corrected chi connectivity index (χ1v) is 8.79. The molecule has 0 saturated carbocycles. The van der Waals surface area contributed by atoms with Gasteiger partial charge in [-0.1, -0.05) is 11.3 Å². The van der Waals surface area contributed by atoms with Crippen molar-refractivity contribution in [3.05, 3.63) is 59.8 Å². The smallest absolute Gasteiger partial charge is 0.399 e. The molecule has 0 spiro atoms. The van der Waals surface area contributed by atoms with E-state index in [4.69, 9.17) is 5.73 Å². The molecule has 10 heteroatoms. The highest BCUT2D eigenvalue weighted by Gasteiger charge is 2.33. The lowest BCUT2D eigenvalue weighted by molar-refractivity contribution is -0.137. The summed E-state index contributed by atoms with van der Waals surface area (Å²) in [6, 6.07) is 9.97. The van der Waals surface area contributed by atoms with Gasteiger partial charge >= 0.3 is 6.18 Å². The van der Waals surface area contributed by atoms with Crippen LogP contribution in [-0.4, -0.2) is 23.4 Å². The van der Waals surface area contributed by atoms with Crippen LogP contribution < -0.4 is 5.73 Å². The van der Waals surface area contributed by atoms with Crippen LogP contribution in [0.25, 0.3) is 5.69 Å². The largest absolute Gasteiger partial charge is 0.416 e. The number of nitrogens with zero attached hydrogens (tertiary/aromatic N) is 3. The van der Waals surface area contributed by atoms with E-state index in [-0.39, 0.29) is 5.69 Å². The third kappa shape index (κ3) is 3.15. The van der Waals surface area contributed by atoms with Crippen molar-refractivity contribution in [1.29, 1.82) is 0 Å². The van der Waals surface area contributed by atoms with Crippen LogP contribution in [0.1, 0.15) is 11.3 Å². The van der Waals surface area contributed by atoms with Gasteiger partial charge in [-0.25, -0.2) is 13.1 Å². The number of alkyl halides is 3. The van der Waals surface area contributed by atoms with E-state index in [1.54, 1.807) is 24.3 Å². The topological polar surface area (TPSA) is 90.9 Å². The Morgan fingerprint density at radius 3 is 2.35 bits per heavy atom. The molecule has 0 aliphatic heterocycles. The SMILES string of the molecule is Cc1c(S(=O)(=O)c2cccc(C(F)(F)F)c2)nnn1-c1ccc(N)cc1. The van der Waals surface area contributed by atoms with Crippen molar-refractivity contribution < 1.29 is 21.6 Å². The standard InChI is InChI=1S/C16H13F3N4O2S/c1-10-15(21-22-23(10)13-7-5-12(20)6-8-13)26(24,25)14-4-2-3-11(9-14)16(17,18)19/h2-9H,20H2,1H3. The lowest BCUT2D eigenvalue weighted by atomic mass is 10.2. The van der Waals surface area contributed by atoms with Crippen LogP contribution in [0.15, 0.2) is 58.5 Å². The molecule has 26 heavy (non-hydrogen) atoms. The first-order valence-electron chi connectivity index (χ1n) is 7.31. The highest BCUT2D eigenvalue weighted by Crippen LogP contribution is 2.32. The third-order valence-corrected chi connectivity index (χ3v) is 5.48. The van der Waals surface area contributed by atoms with E-state index < -0.39 is 31.5 Å². The molecule has 0 atom stereocenters. The lowest BCUT2D eigenvalue weighted by Gasteiger charge is -2.09. The highest BCUT2D eigenvalue weighted by atomic mass is 32.2. The Labute approximate surface area is 147 Å². The number of rotatable bonds is 3. The maximum atomic E-state index is 12.9. The van der Waals surface area contributed by atoms with Gasteiger partial charge in [0.1, 0.15) is 0 Å². The number of benzene rings is 2. The van der Waals surface area contributed by atoms with E-state index in [2.05, 4.69) is 10.3 Å². The van der Waals surface area contributed by atoms with Gasteiger partial charge < -0.3 is 5.73 Å². The number of aromatic nitrogens is 3. The fourth-order valence-electron chi connectivity index (χ4n) is 2.38. The molecule has 2 aromatic carbocycles. The molecule has 3 rings (SSSR count). The zero-order valence-electron chi connectivity index (χ0n) is 13.4. The van der Waals surface area contributed by atoms with Crippen LogP contribution in [0.5, 0.6) is 0 Å². The van der Waals surface area contributed by atoms with Crippen LogP contribution >= 0.6 is 0 Å². The lowest BCUT2D eigenvalue weighted by Crippen LogP contribution is -2.09. The molecule has 0 radical (unpaired) electrons. The van der Waals surface area contributed by atoms with Gasteiger partial charge in [0.2, 0.25) is 14.9 Å². The maximum absolute atomic E-state index is 12.9. The van der Waals surface area contributed by atoms with E-state index in [0.29, 0.717) is 17.4 Å². The molecule has 2 N–H and O–H groups in total. The zero-order chi connectivity index (χ0) is 19.1. The second-order valence-electron chi connectivity index (χ2n) is 5.51. The molecular formula is C16H13F3N4O2S. The summed E-state index contributed by atoms with van der Waals surface area (Å²) >= 11 is 0. The van der Waals surface area contributed by atoms with Crippen LogP contribution in [0.2, 0.25) is 0 Å². The Bertz CT molecular complexity index is 1060. The summed E-state index contributed by atoms with van der Waals surface area (Å²) in [6.07, 6.45) is -4.65. The molecule has 3 aromatic rings. The van der Waals surface area contributed by atoms with Gasteiger partial charge in [-0.2, -0.15) is 13.2 Å². The number of sulfone groups is 1. The average Bonchev–Trinajstić information content (AvgIpc) is 2.97. The number of anilines is 1. The summed E-state index contributed by atoms with van der Waals surface area (Å²) < 4.78 is 65.3. The Morgan fingerprint density at radius 2 is 1.73 bits per heavy atom. The van der Waals surface area contributed by atoms with Gasteiger partial charge in [0.15, 0.2) is 0 Å². The van der Waals surface area contributed by atoms with Gasteiger partial charge in [0.25, 0.3) is 0 Å². The van der Waals surface area contributed by atoms with Gasteiger partial charge in [-0.15, -0.1) is 5.10 Å². The molecule has 0 aliphatic rings. The molecule has 0 bridgehead atoms. The van der Waals surface area contributed by atoms with Crippen molar-refractivity contribution >= 4 is 15.5 Å². The minimum atomic E-state index is -4.65. The summed E-state index contributed by atoms with van der Waals surface area (Å²) in [7, 11) is -4.27. The predicted octanol–water partition coefficient (Wildman–Crippen LogP) is 3.01. The molecular weight excluding hydrogens is 369 g/mol. The van der Waals surface area contributed by atoms with Crippen molar-refractivity contribution in [2.75, 3.05) is 5.73 Å². The minimum absolute atomic E-state index is 0.173. The summed E-state index contributed by atoms with van der Waals surface area (Å²) in [5.41, 5.74) is 5.77. The average molecular weight is 382 g/mol. The van der Waals surface area contributed by atoms with E-state index in [0.717, 1.165) is 18.2 Å². The van der Waals surface area contributed by atoms with Crippen LogP contribution in [0.3, 0.4) is 0 Å². The van der Waals surface area contributed by atoms with E-state index in [9.17, 15) is 21.6 Å². The molecule has 0 aliphatic carbocycles. The monoisotopic (exact) mass is 382 g/mol. The first-order chi connectivity index (χ1) is 12.1. The van der Waals surface area contributed by atoms with Crippen molar-refractivity contribution in [1.82, 2.24) is 15.0 Å². The Hall–Kier alpha value is -2.88. The fraction of sp³-hybridized carbons (Fsp3) is 0.125. The van der Waals surface area contributed by atoms with Gasteiger partial charge in [0.05, 0.1) is 21.8 Å². The van der Waals surface area contributed by atoms with Gasteiger partial charge in [0, 0.05) is 5.69 Å². The molecule has 6 nitrogen and oxygen atoms in total. The molecule has 136 valence electrons. The highest BCUT2D eigenvalue weighted by molar-refractivity contribution is 7.91. The van der Waals surface area contributed by atoms with Crippen LogP contribution in [0.4, 0.5) is 18.9 Å². The normalized spacial score (nSPS) is 12.3. The number of nitrogens with two attached hydrogens (primary N) is 1. The Balaban J connectivity index is 2.08. The molecule has 1 heterocycles. The van der Waals surface area contributed by atoms with E-state index in [1.807, 2.05) is 0 Å². The third-order valence-electron chi connectivity index (χ3n) is 3.72.